The molecule has 5 rings (SSSR count). The van der Waals surface area contributed by atoms with E-state index in [-0.39, 0.29) is 5.91 Å². The monoisotopic (exact) mass is 483 g/mol. The Morgan fingerprint density at radius 1 is 1.11 bits per heavy atom. The van der Waals surface area contributed by atoms with Crippen LogP contribution in [0, 0.1) is 0 Å². The van der Waals surface area contributed by atoms with Gasteiger partial charge in [0.05, 0.1) is 25.0 Å². The first kappa shape index (κ1) is 24.5. The van der Waals surface area contributed by atoms with Gasteiger partial charge in [-0.25, -0.2) is 0 Å². The lowest BCUT2D eigenvalue weighted by Gasteiger charge is -2.45. The van der Waals surface area contributed by atoms with Gasteiger partial charge in [-0.3, -0.25) is 19.3 Å². The van der Waals surface area contributed by atoms with Crippen molar-refractivity contribution >= 4 is 5.91 Å². The second-order valence-corrected chi connectivity index (χ2v) is 10.7. The van der Waals surface area contributed by atoms with E-state index in [1.54, 1.807) is 11.2 Å². The van der Waals surface area contributed by atoms with Crippen molar-refractivity contribution in [2.24, 2.45) is 0 Å². The maximum Gasteiger partial charge on any atom is 0.274 e. The van der Waals surface area contributed by atoms with Crippen molar-refractivity contribution in [3.63, 3.8) is 0 Å². The summed E-state index contributed by atoms with van der Waals surface area (Å²) < 4.78 is 13.4. The minimum atomic E-state index is -0.0141. The van der Waals surface area contributed by atoms with Crippen LogP contribution in [0.1, 0.15) is 67.5 Å². The van der Waals surface area contributed by atoms with E-state index in [0.717, 1.165) is 63.3 Å². The number of morpholine rings is 1. The standard InChI is InChI=1S/C27H41N5O3/c1-5-32-25-9-8-22(30-12-10-21(11-13-30)31-16-19(2)35-20(3)17-31)15-24(25)26(28-32)27(33)29(4)18-23-7-6-14-34-23/h6-7,14,19-22H,5,8-13,15-18H2,1-4H3/t19-,20+,22-/m0/s1. The number of hydrogen-bond acceptors (Lipinski definition) is 6. The molecule has 2 aromatic rings. The summed E-state index contributed by atoms with van der Waals surface area (Å²) in [5.74, 6) is 0.772. The van der Waals surface area contributed by atoms with Crippen LogP contribution in [0.5, 0.6) is 0 Å². The molecule has 1 aliphatic carbocycles. The molecule has 2 aromatic heterocycles. The molecule has 1 amide bonds. The summed E-state index contributed by atoms with van der Waals surface area (Å²) in [4.78, 5) is 20.5. The maximum atomic E-state index is 13.4. The lowest BCUT2D eigenvalue weighted by atomic mass is 9.88. The van der Waals surface area contributed by atoms with Crippen LogP contribution in [-0.4, -0.2) is 87.9 Å². The fourth-order valence-corrected chi connectivity index (χ4v) is 6.44. The number of ether oxygens (including phenoxy) is 1. The lowest BCUT2D eigenvalue weighted by Crippen LogP contribution is -2.54. The average molecular weight is 484 g/mol. The van der Waals surface area contributed by atoms with Crippen LogP contribution < -0.4 is 0 Å². The van der Waals surface area contributed by atoms with Gasteiger partial charge in [-0.2, -0.15) is 5.10 Å². The van der Waals surface area contributed by atoms with Gasteiger partial charge in [0.2, 0.25) is 0 Å². The molecule has 4 heterocycles. The summed E-state index contributed by atoms with van der Waals surface area (Å²) in [5, 5.41) is 4.79. The zero-order chi connectivity index (χ0) is 24.5. The van der Waals surface area contributed by atoms with Gasteiger partial charge < -0.3 is 14.1 Å². The number of piperidine rings is 1. The Hall–Kier alpha value is -2.16. The van der Waals surface area contributed by atoms with Gasteiger partial charge in [-0.05, 0) is 78.1 Å². The predicted molar refractivity (Wildman–Crippen MR) is 134 cm³/mol. The van der Waals surface area contributed by atoms with Crippen LogP contribution in [-0.2, 0) is 30.7 Å². The molecule has 0 N–H and O–H groups in total. The number of carbonyl (C=O) groups is 1. The number of aryl methyl sites for hydroxylation is 1. The largest absolute Gasteiger partial charge is 0.467 e. The first-order valence-corrected chi connectivity index (χ1v) is 13.4. The number of hydrogen-bond donors (Lipinski definition) is 0. The Morgan fingerprint density at radius 2 is 1.86 bits per heavy atom. The Balaban J connectivity index is 1.25. The van der Waals surface area contributed by atoms with Crippen molar-refractivity contribution in [3.05, 3.63) is 41.1 Å². The van der Waals surface area contributed by atoms with Crippen LogP contribution in [0.3, 0.4) is 0 Å². The molecule has 3 atom stereocenters. The van der Waals surface area contributed by atoms with E-state index in [9.17, 15) is 4.79 Å². The first-order valence-electron chi connectivity index (χ1n) is 13.4. The number of nitrogens with zero attached hydrogens (tertiary/aromatic N) is 5. The van der Waals surface area contributed by atoms with Crippen molar-refractivity contribution in [3.8, 4) is 0 Å². The number of amides is 1. The smallest absolute Gasteiger partial charge is 0.274 e. The van der Waals surface area contributed by atoms with Gasteiger partial charge in [-0.15, -0.1) is 0 Å². The molecule has 2 saturated heterocycles. The van der Waals surface area contributed by atoms with Gasteiger partial charge >= 0.3 is 0 Å². The maximum absolute atomic E-state index is 13.4. The molecule has 0 aromatic carbocycles. The fraction of sp³-hybridized carbons (Fsp3) is 0.704. The summed E-state index contributed by atoms with van der Waals surface area (Å²) >= 11 is 0. The Bertz CT molecular complexity index is 985. The molecule has 0 unspecified atom stereocenters. The third-order valence-electron chi connectivity index (χ3n) is 8.12. The molecule has 0 radical (unpaired) electrons. The fourth-order valence-electron chi connectivity index (χ4n) is 6.44. The summed E-state index contributed by atoms with van der Waals surface area (Å²) in [6.07, 6.45) is 7.79. The summed E-state index contributed by atoms with van der Waals surface area (Å²) in [6, 6.07) is 4.91. The molecule has 8 heteroatoms. The molecular weight excluding hydrogens is 442 g/mol. The minimum absolute atomic E-state index is 0.0141. The minimum Gasteiger partial charge on any atom is -0.467 e. The SMILES string of the molecule is CCn1nc(C(=O)N(C)Cc2ccco2)c2c1CC[C@H](N1CCC(N3C[C@@H](C)O[C@@H](C)C3)CC1)C2. The summed E-state index contributed by atoms with van der Waals surface area (Å²) in [7, 11) is 1.83. The number of rotatable bonds is 6. The van der Waals surface area contributed by atoms with E-state index in [1.807, 2.05) is 23.9 Å². The normalized spacial score (nSPS) is 26.6. The van der Waals surface area contributed by atoms with E-state index in [4.69, 9.17) is 14.3 Å². The topological polar surface area (TPSA) is 67.0 Å². The van der Waals surface area contributed by atoms with E-state index in [1.165, 1.54) is 18.5 Å². The van der Waals surface area contributed by atoms with Crippen LogP contribution in [0.2, 0.25) is 0 Å². The van der Waals surface area contributed by atoms with Crippen molar-refractivity contribution in [2.75, 3.05) is 33.2 Å². The second kappa shape index (κ2) is 10.4. The lowest BCUT2D eigenvalue weighted by molar-refractivity contribution is -0.0875. The second-order valence-electron chi connectivity index (χ2n) is 10.7. The third-order valence-corrected chi connectivity index (χ3v) is 8.12. The van der Waals surface area contributed by atoms with Crippen LogP contribution in [0.4, 0.5) is 0 Å². The quantitative estimate of drug-likeness (QED) is 0.629. The number of carbonyl (C=O) groups excluding carboxylic acids is 1. The third kappa shape index (κ3) is 5.20. The highest BCUT2D eigenvalue weighted by Gasteiger charge is 2.36. The van der Waals surface area contributed by atoms with Crippen molar-refractivity contribution in [1.82, 2.24) is 24.5 Å². The van der Waals surface area contributed by atoms with E-state index >= 15 is 0 Å². The van der Waals surface area contributed by atoms with Gasteiger partial charge in [0.1, 0.15) is 5.76 Å². The molecular formula is C27H41N5O3. The molecule has 0 saturated carbocycles. The summed E-state index contributed by atoms with van der Waals surface area (Å²) in [5.41, 5.74) is 3.05. The molecule has 35 heavy (non-hydrogen) atoms. The zero-order valence-electron chi connectivity index (χ0n) is 21.8. The van der Waals surface area contributed by atoms with E-state index in [2.05, 4.69) is 30.6 Å². The van der Waals surface area contributed by atoms with Crippen molar-refractivity contribution in [1.29, 1.82) is 0 Å². The Kier molecular flexibility index (Phi) is 7.32. The van der Waals surface area contributed by atoms with Gasteiger partial charge in [0, 0.05) is 50.0 Å². The number of fused-ring (bicyclic) bond motifs is 1. The molecule has 0 spiro atoms. The zero-order valence-corrected chi connectivity index (χ0v) is 21.8. The number of furan rings is 1. The molecule has 192 valence electrons. The highest BCUT2D eigenvalue weighted by molar-refractivity contribution is 5.94. The Labute approximate surface area is 209 Å². The highest BCUT2D eigenvalue weighted by Crippen LogP contribution is 2.31. The van der Waals surface area contributed by atoms with Crippen LogP contribution in [0.25, 0.3) is 0 Å². The van der Waals surface area contributed by atoms with Gasteiger partial charge in [-0.1, -0.05) is 0 Å². The predicted octanol–water partition coefficient (Wildman–Crippen LogP) is 3.20. The number of aromatic nitrogens is 2. The average Bonchev–Trinajstić information content (AvgIpc) is 3.50. The van der Waals surface area contributed by atoms with E-state index < -0.39 is 0 Å². The molecule has 2 aliphatic heterocycles. The first-order chi connectivity index (χ1) is 16.9. The van der Waals surface area contributed by atoms with Crippen LogP contribution in [0.15, 0.2) is 22.8 Å². The highest BCUT2D eigenvalue weighted by atomic mass is 16.5. The molecule has 0 bridgehead atoms. The summed E-state index contributed by atoms with van der Waals surface area (Å²) in [6.45, 7) is 12.1. The van der Waals surface area contributed by atoms with E-state index in [0.29, 0.717) is 36.5 Å². The molecule has 3 aliphatic rings. The number of likely N-dealkylation sites (tertiary alicyclic amines) is 1. The van der Waals surface area contributed by atoms with Crippen molar-refractivity contribution in [2.45, 2.75) is 90.3 Å². The Morgan fingerprint density at radius 3 is 2.51 bits per heavy atom. The van der Waals surface area contributed by atoms with Gasteiger partial charge in [0.15, 0.2) is 5.69 Å². The molecule has 2 fully saturated rings. The molecule has 8 nitrogen and oxygen atoms in total. The van der Waals surface area contributed by atoms with Crippen LogP contribution >= 0.6 is 0 Å². The van der Waals surface area contributed by atoms with Gasteiger partial charge in [0.25, 0.3) is 5.91 Å². The van der Waals surface area contributed by atoms with Crippen molar-refractivity contribution < 1.29 is 13.9 Å².